The van der Waals surface area contributed by atoms with E-state index in [2.05, 4.69) is 16.9 Å². The second-order valence-electron chi connectivity index (χ2n) is 4.99. The fourth-order valence-electron chi connectivity index (χ4n) is 2.58. The third-order valence-corrected chi connectivity index (χ3v) is 3.56. The Labute approximate surface area is 111 Å². The second-order valence-corrected chi connectivity index (χ2v) is 4.99. The molecule has 0 bridgehead atoms. The molecule has 0 spiro atoms. The van der Waals surface area contributed by atoms with Gasteiger partial charge in [-0.05, 0) is 49.6 Å². The average molecular weight is 252 g/mol. The molecule has 0 atom stereocenters. The number of fused-ring (bicyclic) bond motifs is 2. The summed E-state index contributed by atoms with van der Waals surface area (Å²) >= 11 is 0. The summed E-state index contributed by atoms with van der Waals surface area (Å²) in [5, 5.41) is 1.45. The molecule has 0 unspecified atom stereocenters. The van der Waals surface area contributed by atoms with Crippen LogP contribution in [-0.4, -0.2) is 9.97 Å². The Morgan fingerprint density at radius 2 is 2.00 bits per heavy atom. The minimum absolute atomic E-state index is 0.0732. The van der Waals surface area contributed by atoms with Crippen LogP contribution in [0.3, 0.4) is 0 Å². The fourth-order valence-corrected chi connectivity index (χ4v) is 2.58. The van der Waals surface area contributed by atoms with Gasteiger partial charge in [0, 0.05) is 11.1 Å². The van der Waals surface area contributed by atoms with Crippen LogP contribution >= 0.6 is 0 Å². The first-order valence-electron chi connectivity index (χ1n) is 6.53. The Morgan fingerprint density at radius 1 is 1.21 bits per heavy atom. The number of H-pyrrole nitrogens is 1. The van der Waals surface area contributed by atoms with E-state index in [4.69, 9.17) is 0 Å². The van der Waals surface area contributed by atoms with Crippen LogP contribution in [0.25, 0.3) is 21.9 Å². The van der Waals surface area contributed by atoms with Gasteiger partial charge in [-0.3, -0.25) is 4.79 Å². The zero-order valence-corrected chi connectivity index (χ0v) is 11.4. The largest absolute Gasteiger partial charge is 0.339 e. The Morgan fingerprint density at radius 3 is 2.74 bits per heavy atom. The van der Waals surface area contributed by atoms with Crippen molar-refractivity contribution in [3.63, 3.8) is 0 Å². The van der Waals surface area contributed by atoms with Crippen molar-refractivity contribution in [1.29, 1.82) is 0 Å². The number of nitrogens with zero attached hydrogens (tertiary/aromatic N) is 1. The van der Waals surface area contributed by atoms with Crippen molar-refractivity contribution in [3.8, 4) is 0 Å². The van der Waals surface area contributed by atoms with Crippen molar-refractivity contribution in [2.75, 3.05) is 0 Å². The van der Waals surface area contributed by atoms with Crippen LogP contribution in [0, 0.1) is 13.8 Å². The number of pyridine rings is 2. The molecule has 0 aliphatic heterocycles. The van der Waals surface area contributed by atoms with Crippen molar-refractivity contribution in [2.24, 2.45) is 0 Å². The normalized spacial score (nSPS) is 11.3. The number of aryl methyl sites for hydroxylation is 3. The van der Waals surface area contributed by atoms with E-state index in [9.17, 15) is 4.79 Å². The van der Waals surface area contributed by atoms with Gasteiger partial charge in [0.25, 0.3) is 0 Å². The maximum atomic E-state index is 12.6. The lowest BCUT2D eigenvalue weighted by Gasteiger charge is -2.07. The van der Waals surface area contributed by atoms with Gasteiger partial charge in [0.05, 0.1) is 10.9 Å². The first kappa shape index (κ1) is 11.9. The van der Waals surface area contributed by atoms with Crippen molar-refractivity contribution >= 4 is 21.9 Å². The van der Waals surface area contributed by atoms with Crippen molar-refractivity contribution in [2.45, 2.75) is 27.2 Å². The fraction of sp³-hybridized carbons (Fsp3) is 0.250. The number of aromatic nitrogens is 2. The maximum Gasteiger partial charge on any atom is 0.199 e. The summed E-state index contributed by atoms with van der Waals surface area (Å²) in [7, 11) is 0. The smallest absolute Gasteiger partial charge is 0.199 e. The first-order chi connectivity index (χ1) is 9.10. The van der Waals surface area contributed by atoms with Gasteiger partial charge in [-0.1, -0.05) is 13.0 Å². The van der Waals surface area contributed by atoms with Gasteiger partial charge in [0.2, 0.25) is 0 Å². The molecule has 0 saturated carbocycles. The number of hydrogen-bond acceptors (Lipinski definition) is 2. The Balaban J connectivity index is 2.53. The van der Waals surface area contributed by atoms with Gasteiger partial charge in [0.15, 0.2) is 5.43 Å². The summed E-state index contributed by atoms with van der Waals surface area (Å²) in [6, 6.07) is 7.95. The monoisotopic (exact) mass is 252 g/mol. The van der Waals surface area contributed by atoms with Crippen LogP contribution in [0.4, 0.5) is 0 Å². The zero-order chi connectivity index (χ0) is 13.6. The third-order valence-electron chi connectivity index (χ3n) is 3.56. The molecule has 0 fully saturated rings. The number of rotatable bonds is 1. The van der Waals surface area contributed by atoms with Crippen LogP contribution in [0.5, 0.6) is 0 Å². The van der Waals surface area contributed by atoms with Gasteiger partial charge in [-0.25, -0.2) is 4.98 Å². The topological polar surface area (TPSA) is 45.8 Å². The summed E-state index contributed by atoms with van der Waals surface area (Å²) in [4.78, 5) is 20.3. The Kier molecular flexibility index (Phi) is 2.63. The van der Waals surface area contributed by atoms with Crippen molar-refractivity contribution in [1.82, 2.24) is 9.97 Å². The van der Waals surface area contributed by atoms with Crippen LogP contribution in [0.2, 0.25) is 0 Å². The molecule has 1 N–H and O–H groups in total. The lowest BCUT2D eigenvalue weighted by molar-refractivity contribution is 1.14. The molecule has 3 aromatic rings. The molecule has 0 aliphatic carbocycles. The summed E-state index contributed by atoms with van der Waals surface area (Å²) in [5.74, 6) is 0. The highest BCUT2D eigenvalue weighted by atomic mass is 16.1. The predicted octanol–water partition coefficient (Wildman–Crippen LogP) is 3.26. The third kappa shape index (κ3) is 1.82. The van der Waals surface area contributed by atoms with E-state index < -0.39 is 0 Å². The molecule has 1 aromatic carbocycles. The van der Waals surface area contributed by atoms with E-state index in [1.807, 2.05) is 38.1 Å². The van der Waals surface area contributed by atoms with E-state index in [1.165, 1.54) is 5.56 Å². The minimum Gasteiger partial charge on any atom is -0.339 e. The van der Waals surface area contributed by atoms with E-state index in [1.54, 1.807) is 0 Å². The highest BCUT2D eigenvalue weighted by Crippen LogP contribution is 2.18. The van der Waals surface area contributed by atoms with E-state index in [0.717, 1.165) is 28.6 Å². The minimum atomic E-state index is 0.0732. The van der Waals surface area contributed by atoms with Gasteiger partial charge in [0.1, 0.15) is 5.65 Å². The standard InChI is InChI=1S/C16H16N2O/c1-4-11-5-6-13-12(8-11)15(19)14-9(2)7-10(3)17-16(14)18-13/h5-8H,4H2,1-3H3,(H,17,18,19). The number of nitrogens with one attached hydrogen (secondary N) is 1. The van der Waals surface area contributed by atoms with Gasteiger partial charge < -0.3 is 4.98 Å². The molecule has 3 heteroatoms. The van der Waals surface area contributed by atoms with Crippen LogP contribution < -0.4 is 5.43 Å². The lowest BCUT2D eigenvalue weighted by atomic mass is 10.1. The lowest BCUT2D eigenvalue weighted by Crippen LogP contribution is -2.08. The quantitative estimate of drug-likeness (QED) is 0.676. The van der Waals surface area contributed by atoms with Gasteiger partial charge >= 0.3 is 0 Å². The zero-order valence-electron chi connectivity index (χ0n) is 11.4. The molecule has 2 heterocycles. The highest BCUT2D eigenvalue weighted by Gasteiger charge is 2.09. The average Bonchev–Trinajstić information content (AvgIpc) is 2.37. The first-order valence-corrected chi connectivity index (χ1v) is 6.53. The molecular weight excluding hydrogens is 236 g/mol. The molecule has 0 saturated heterocycles. The Bertz CT molecular complexity index is 847. The van der Waals surface area contributed by atoms with Gasteiger partial charge in [-0.15, -0.1) is 0 Å². The van der Waals surface area contributed by atoms with Gasteiger partial charge in [-0.2, -0.15) is 0 Å². The molecule has 96 valence electrons. The molecule has 0 radical (unpaired) electrons. The highest BCUT2D eigenvalue weighted by molar-refractivity contribution is 5.92. The number of hydrogen-bond donors (Lipinski definition) is 1. The number of aromatic amines is 1. The molecule has 0 aliphatic rings. The second kappa shape index (κ2) is 4.19. The molecule has 0 amide bonds. The molecule has 2 aromatic heterocycles. The van der Waals surface area contributed by atoms with E-state index >= 15 is 0 Å². The molecule has 3 rings (SSSR count). The maximum absolute atomic E-state index is 12.6. The molecular formula is C16H16N2O. The van der Waals surface area contributed by atoms with Crippen molar-refractivity contribution in [3.05, 3.63) is 51.3 Å². The van der Waals surface area contributed by atoms with Crippen LogP contribution in [0.1, 0.15) is 23.7 Å². The molecule has 3 nitrogen and oxygen atoms in total. The molecule has 19 heavy (non-hydrogen) atoms. The summed E-state index contributed by atoms with van der Waals surface area (Å²) < 4.78 is 0. The van der Waals surface area contributed by atoms with E-state index in [-0.39, 0.29) is 5.43 Å². The van der Waals surface area contributed by atoms with Crippen LogP contribution in [0.15, 0.2) is 29.1 Å². The summed E-state index contributed by atoms with van der Waals surface area (Å²) in [6.07, 6.45) is 0.929. The SMILES string of the molecule is CCc1ccc2[nH]c3nc(C)cc(C)c3c(=O)c2c1. The number of benzene rings is 1. The summed E-state index contributed by atoms with van der Waals surface area (Å²) in [6.45, 7) is 5.99. The Hall–Kier alpha value is -2.16. The van der Waals surface area contributed by atoms with Crippen LogP contribution in [-0.2, 0) is 6.42 Å². The predicted molar refractivity (Wildman–Crippen MR) is 78.7 cm³/mol. The van der Waals surface area contributed by atoms with Crippen molar-refractivity contribution < 1.29 is 0 Å². The van der Waals surface area contributed by atoms with E-state index in [0.29, 0.717) is 11.0 Å². The summed E-state index contributed by atoms with van der Waals surface area (Å²) in [5.41, 5.74) is 4.68.